The Kier molecular flexibility index (Phi) is 5.96. The summed E-state index contributed by atoms with van der Waals surface area (Å²) in [6.45, 7) is 4.38. The molecule has 0 bridgehead atoms. The number of aromatic amines is 1. The van der Waals surface area contributed by atoms with E-state index in [2.05, 4.69) is 41.5 Å². The Labute approximate surface area is 116 Å². The molecule has 104 valence electrons. The SMILES string of the molecule is CCCCCCCCNCc1ccc2cc[nH]c2c1. The average Bonchev–Trinajstić information content (AvgIpc) is 2.89. The average molecular weight is 258 g/mol. The summed E-state index contributed by atoms with van der Waals surface area (Å²) >= 11 is 0. The number of unbranched alkanes of at least 4 members (excludes halogenated alkanes) is 5. The highest BCUT2D eigenvalue weighted by molar-refractivity contribution is 5.79. The minimum atomic E-state index is 0.976. The molecule has 2 N–H and O–H groups in total. The Morgan fingerprint density at radius 1 is 1.00 bits per heavy atom. The number of nitrogens with one attached hydrogen (secondary N) is 2. The zero-order valence-corrected chi connectivity index (χ0v) is 12.0. The fourth-order valence-corrected chi connectivity index (χ4v) is 2.47. The number of benzene rings is 1. The Morgan fingerprint density at radius 3 is 2.74 bits per heavy atom. The molecular formula is C17H26N2. The Morgan fingerprint density at radius 2 is 1.84 bits per heavy atom. The summed E-state index contributed by atoms with van der Waals surface area (Å²) in [5.74, 6) is 0. The molecule has 0 aliphatic carbocycles. The maximum atomic E-state index is 3.54. The third-order valence-corrected chi connectivity index (χ3v) is 3.66. The number of hydrogen-bond donors (Lipinski definition) is 2. The maximum absolute atomic E-state index is 3.54. The van der Waals surface area contributed by atoms with Gasteiger partial charge in [0.25, 0.3) is 0 Å². The van der Waals surface area contributed by atoms with Crippen molar-refractivity contribution in [2.45, 2.75) is 52.0 Å². The molecule has 2 nitrogen and oxygen atoms in total. The van der Waals surface area contributed by atoms with Gasteiger partial charge >= 0.3 is 0 Å². The molecule has 1 aromatic heterocycles. The van der Waals surface area contributed by atoms with Crippen LogP contribution in [0.5, 0.6) is 0 Å². The third kappa shape index (κ3) is 4.71. The van der Waals surface area contributed by atoms with Gasteiger partial charge in [0, 0.05) is 18.3 Å². The molecule has 1 heterocycles. The predicted molar refractivity (Wildman–Crippen MR) is 83.4 cm³/mol. The van der Waals surface area contributed by atoms with Crippen molar-refractivity contribution in [3.63, 3.8) is 0 Å². The molecule has 2 rings (SSSR count). The minimum Gasteiger partial charge on any atom is -0.361 e. The molecule has 0 spiro atoms. The second kappa shape index (κ2) is 8.00. The standard InChI is InChI=1S/C17H26N2/c1-2-3-4-5-6-7-11-18-14-15-8-9-16-10-12-19-17(16)13-15/h8-10,12-13,18-19H,2-7,11,14H2,1H3. The first-order valence-electron chi connectivity index (χ1n) is 7.67. The van der Waals surface area contributed by atoms with Gasteiger partial charge in [-0.2, -0.15) is 0 Å². The molecular weight excluding hydrogens is 232 g/mol. The number of hydrogen-bond acceptors (Lipinski definition) is 1. The number of rotatable bonds is 9. The fourth-order valence-electron chi connectivity index (χ4n) is 2.47. The third-order valence-electron chi connectivity index (χ3n) is 3.66. The molecule has 19 heavy (non-hydrogen) atoms. The summed E-state index contributed by atoms with van der Waals surface area (Å²) in [5, 5.41) is 4.83. The van der Waals surface area contributed by atoms with Gasteiger partial charge in [-0.25, -0.2) is 0 Å². The fraction of sp³-hybridized carbons (Fsp3) is 0.529. The van der Waals surface area contributed by atoms with Gasteiger partial charge in [-0.1, -0.05) is 51.2 Å². The predicted octanol–water partition coefficient (Wildman–Crippen LogP) is 4.62. The Hall–Kier alpha value is -1.28. The van der Waals surface area contributed by atoms with Crippen LogP contribution in [-0.2, 0) is 6.54 Å². The van der Waals surface area contributed by atoms with E-state index in [1.54, 1.807) is 0 Å². The van der Waals surface area contributed by atoms with Gasteiger partial charge in [-0.15, -0.1) is 0 Å². The van der Waals surface area contributed by atoms with Crippen LogP contribution in [0, 0.1) is 0 Å². The van der Waals surface area contributed by atoms with Gasteiger partial charge < -0.3 is 10.3 Å². The molecule has 0 unspecified atom stereocenters. The zero-order chi connectivity index (χ0) is 13.3. The van der Waals surface area contributed by atoms with E-state index < -0.39 is 0 Å². The van der Waals surface area contributed by atoms with Crippen LogP contribution in [0.3, 0.4) is 0 Å². The Balaban J connectivity index is 1.60. The van der Waals surface area contributed by atoms with Crippen LogP contribution < -0.4 is 5.32 Å². The van der Waals surface area contributed by atoms with E-state index in [4.69, 9.17) is 0 Å². The van der Waals surface area contributed by atoms with Crippen molar-refractivity contribution in [2.75, 3.05) is 6.54 Å². The summed E-state index contributed by atoms with van der Waals surface area (Å²) < 4.78 is 0. The highest BCUT2D eigenvalue weighted by atomic mass is 14.8. The first kappa shape index (κ1) is 14.1. The van der Waals surface area contributed by atoms with Crippen LogP contribution >= 0.6 is 0 Å². The van der Waals surface area contributed by atoms with Gasteiger partial charge in [0.1, 0.15) is 0 Å². The van der Waals surface area contributed by atoms with E-state index in [1.165, 1.54) is 55.0 Å². The molecule has 0 aliphatic heterocycles. The zero-order valence-electron chi connectivity index (χ0n) is 12.0. The summed E-state index contributed by atoms with van der Waals surface area (Å²) in [4.78, 5) is 3.26. The maximum Gasteiger partial charge on any atom is 0.0457 e. The lowest BCUT2D eigenvalue weighted by atomic mass is 10.1. The van der Waals surface area contributed by atoms with Crippen LogP contribution in [0.25, 0.3) is 10.9 Å². The molecule has 0 amide bonds. The highest BCUT2D eigenvalue weighted by Gasteiger charge is 1.97. The van der Waals surface area contributed by atoms with Gasteiger partial charge in [-0.3, -0.25) is 0 Å². The minimum absolute atomic E-state index is 0.976. The lowest BCUT2D eigenvalue weighted by molar-refractivity contribution is 0.572. The van der Waals surface area contributed by atoms with Crippen molar-refractivity contribution in [3.05, 3.63) is 36.0 Å². The molecule has 1 aromatic carbocycles. The van der Waals surface area contributed by atoms with Crippen LogP contribution in [0.4, 0.5) is 0 Å². The van der Waals surface area contributed by atoms with Crippen molar-refractivity contribution in [2.24, 2.45) is 0 Å². The van der Waals surface area contributed by atoms with Crippen LogP contribution in [0.2, 0.25) is 0 Å². The summed E-state index contributed by atoms with van der Waals surface area (Å²) in [6, 6.07) is 8.75. The van der Waals surface area contributed by atoms with Gasteiger partial charge in [0.15, 0.2) is 0 Å². The molecule has 0 radical (unpaired) electrons. The van der Waals surface area contributed by atoms with Crippen molar-refractivity contribution in [3.8, 4) is 0 Å². The largest absolute Gasteiger partial charge is 0.361 e. The summed E-state index contributed by atoms with van der Waals surface area (Å²) in [6.07, 6.45) is 10.2. The molecule has 2 aromatic rings. The lowest BCUT2D eigenvalue weighted by Gasteiger charge is -2.05. The van der Waals surface area contributed by atoms with E-state index in [9.17, 15) is 0 Å². The second-order valence-electron chi connectivity index (χ2n) is 5.34. The molecule has 0 saturated carbocycles. The van der Waals surface area contributed by atoms with Gasteiger partial charge in [0.05, 0.1) is 0 Å². The number of H-pyrrole nitrogens is 1. The van der Waals surface area contributed by atoms with Crippen molar-refractivity contribution < 1.29 is 0 Å². The molecule has 2 heteroatoms. The quantitative estimate of drug-likeness (QED) is 0.631. The van der Waals surface area contributed by atoms with Crippen molar-refractivity contribution in [1.82, 2.24) is 10.3 Å². The van der Waals surface area contributed by atoms with Gasteiger partial charge in [0.2, 0.25) is 0 Å². The van der Waals surface area contributed by atoms with E-state index in [0.29, 0.717) is 0 Å². The molecule has 0 fully saturated rings. The normalized spacial score (nSPS) is 11.2. The van der Waals surface area contributed by atoms with E-state index >= 15 is 0 Å². The molecule has 0 saturated heterocycles. The molecule has 0 atom stereocenters. The monoisotopic (exact) mass is 258 g/mol. The second-order valence-corrected chi connectivity index (χ2v) is 5.34. The van der Waals surface area contributed by atoms with Crippen molar-refractivity contribution in [1.29, 1.82) is 0 Å². The Bertz CT molecular complexity index is 473. The first-order valence-corrected chi connectivity index (χ1v) is 7.67. The highest BCUT2D eigenvalue weighted by Crippen LogP contribution is 2.14. The smallest absolute Gasteiger partial charge is 0.0457 e. The van der Waals surface area contributed by atoms with Gasteiger partial charge in [-0.05, 0) is 36.0 Å². The topological polar surface area (TPSA) is 27.8 Å². The van der Waals surface area contributed by atoms with E-state index in [0.717, 1.165) is 13.1 Å². The first-order chi connectivity index (χ1) is 9.40. The van der Waals surface area contributed by atoms with E-state index in [-0.39, 0.29) is 0 Å². The lowest BCUT2D eigenvalue weighted by Crippen LogP contribution is -2.14. The summed E-state index contributed by atoms with van der Waals surface area (Å²) in [7, 11) is 0. The molecule has 0 aliphatic rings. The number of aromatic nitrogens is 1. The van der Waals surface area contributed by atoms with Crippen molar-refractivity contribution >= 4 is 10.9 Å². The van der Waals surface area contributed by atoms with E-state index in [1.807, 2.05) is 6.20 Å². The van der Waals surface area contributed by atoms with Crippen LogP contribution in [-0.4, -0.2) is 11.5 Å². The van der Waals surface area contributed by atoms with Crippen LogP contribution in [0.15, 0.2) is 30.5 Å². The number of fused-ring (bicyclic) bond motifs is 1. The van der Waals surface area contributed by atoms with Crippen LogP contribution in [0.1, 0.15) is 51.0 Å². The summed E-state index contributed by atoms with van der Waals surface area (Å²) in [5.41, 5.74) is 2.60.